The quantitative estimate of drug-likeness (QED) is 0.194. The molecule has 0 saturated heterocycles. The van der Waals surface area contributed by atoms with Gasteiger partial charge < -0.3 is 9.13 Å². The first-order chi connectivity index (χ1) is 22.4. The number of thiophene rings is 1. The summed E-state index contributed by atoms with van der Waals surface area (Å²) in [5.74, 6) is 0. The number of hydrogen-bond donors (Lipinski definition) is 0. The minimum atomic E-state index is 1.17. The minimum absolute atomic E-state index is 1.17. The molecule has 7 aromatic carbocycles. The van der Waals surface area contributed by atoms with E-state index in [4.69, 9.17) is 0 Å². The summed E-state index contributed by atoms with van der Waals surface area (Å²) in [5.41, 5.74) is 9.86. The van der Waals surface area contributed by atoms with Crippen LogP contribution in [0.5, 0.6) is 0 Å². The van der Waals surface area contributed by atoms with Crippen LogP contribution >= 0.6 is 11.3 Å². The molecule has 0 aliphatic carbocycles. The molecule has 0 bridgehead atoms. The molecule has 0 amide bonds. The standard InChI is InChI=1S/C42H26N2S/c1-3-14-27(15-4-1)43-36-23-11-8-19-31(36)39-30(21-13-24-37(39)43)33-26-34-29-18-7-10-22-35(29)44(28-16-5-2-6-17-28)41(34)42-40(33)32-20-9-12-25-38(32)45-42/h1-26H. The lowest BCUT2D eigenvalue weighted by atomic mass is 9.93. The number of nitrogens with zero attached hydrogens (tertiary/aromatic N) is 2. The molecule has 2 nitrogen and oxygen atoms in total. The van der Waals surface area contributed by atoms with Gasteiger partial charge in [-0.2, -0.15) is 0 Å². The van der Waals surface area contributed by atoms with Crippen molar-refractivity contribution in [2.24, 2.45) is 0 Å². The highest BCUT2D eigenvalue weighted by atomic mass is 32.1. The highest BCUT2D eigenvalue weighted by Gasteiger charge is 2.23. The van der Waals surface area contributed by atoms with Crippen molar-refractivity contribution < 1.29 is 0 Å². The molecular weight excluding hydrogens is 565 g/mol. The highest BCUT2D eigenvalue weighted by Crippen LogP contribution is 2.49. The molecule has 0 saturated carbocycles. The second kappa shape index (κ2) is 9.43. The lowest BCUT2D eigenvalue weighted by molar-refractivity contribution is 1.18. The number of para-hydroxylation sites is 4. The van der Waals surface area contributed by atoms with Crippen LogP contribution in [0, 0.1) is 0 Å². The van der Waals surface area contributed by atoms with Crippen molar-refractivity contribution in [1.82, 2.24) is 9.13 Å². The fourth-order valence-corrected chi connectivity index (χ4v) is 8.75. The number of benzene rings is 7. The van der Waals surface area contributed by atoms with E-state index in [-0.39, 0.29) is 0 Å². The van der Waals surface area contributed by atoms with Crippen LogP contribution in [0.3, 0.4) is 0 Å². The zero-order valence-corrected chi connectivity index (χ0v) is 25.1. The average molecular weight is 591 g/mol. The molecule has 0 fully saturated rings. The van der Waals surface area contributed by atoms with E-state index in [0.29, 0.717) is 0 Å². The Morgan fingerprint density at radius 2 is 0.956 bits per heavy atom. The molecule has 0 atom stereocenters. The molecule has 3 heterocycles. The fourth-order valence-electron chi connectivity index (χ4n) is 7.49. The summed E-state index contributed by atoms with van der Waals surface area (Å²) < 4.78 is 7.52. The third kappa shape index (κ3) is 3.44. The molecule has 0 unspecified atom stereocenters. The first-order valence-electron chi connectivity index (χ1n) is 15.4. The van der Waals surface area contributed by atoms with Crippen molar-refractivity contribution in [2.75, 3.05) is 0 Å². The van der Waals surface area contributed by atoms with Crippen molar-refractivity contribution in [3.63, 3.8) is 0 Å². The molecule has 0 radical (unpaired) electrons. The Morgan fingerprint density at radius 3 is 1.71 bits per heavy atom. The Hall–Kier alpha value is -5.64. The van der Waals surface area contributed by atoms with Crippen molar-refractivity contribution >= 4 is 75.1 Å². The van der Waals surface area contributed by atoms with Crippen LogP contribution in [-0.4, -0.2) is 9.13 Å². The van der Waals surface area contributed by atoms with Gasteiger partial charge in [-0.1, -0.05) is 103 Å². The van der Waals surface area contributed by atoms with Crippen LogP contribution in [0.25, 0.3) is 86.3 Å². The molecule has 45 heavy (non-hydrogen) atoms. The molecule has 0 aliphatic heterocycles. The minimum Gasteiger partial charge on any atom is -0.309 e. The van der Waals surface area contributed by atoms with E-state index in [9.17, 15) is 0 Å². The first-order valence-corrected chi connectivity index (χ1v) is 16.2. The van der Waals surface area contributed by atoms with Gasteiger partial charge in [-0.05, 0) is 65.7 Å². The average Bonchev–Trinajstić information content (AvgIpc) is 3.77. The Labute approximate surface area is 263 Å². The Bertz CT molecular complexity index is 2740. The molecule has 210 valence electrons. The van der Waals surface area contributed by atoms with E-state index in [1.54, 1.807) is 0 Å². The topological polar surface area (TPSA) is 9.86 Å². The van der Waals surface area contributed by atoms with Gasteiger partial charge in [-0.15, -0.1) is 11.3 Å². The summed E-state index contributed by atoms with van der Waals surface area (Å²) in [6.07, 6.45) is 0. The van der Waals surface area contributed by atoms with Gasteiger partial charge in [0.25, 0.3) is 0 Å². The summed E-state index contributed by atoms with van der Waals surface area (Å²) in [7, 11) is 0. The van der Waals surface area contributed by atoms with Gasteiger partial charge in [0.1, 0.15) is 0 Å². The first kappa shape index (κ1) is 24.8. The second-order valence-corrected chi connectivity index (χ2v) is 12.8. The van der Waals surface area contributed by atoms with Crippen molar-refractivity contribution in [2.45, 2.75) is 0 Å². The summed E-state index contributed by atoms with van der Waals surface area (Å²) in [4.78, 5) is 0. The Morgan fingerprint density at radius 1 is 0.378 bits per heavy atom. The summed E-state index contributed by atoms with van der Waals surface area (Å²) in [5, 5.41) is 7.75. The number of aromatic nitrogens is 2. The van der Waals surface area contributed by atoms with Gasteiger partial charge in [0, 0.05) is 48.4 Å². The molecule has 10 aromatic rings. The van der Waals surface area contributed by atoms with E-state index < -0.39 is 0 Å². The normalized spacial score (nSPS) is 12.0. The molecular formula is C42H26N2S. The number of hydrogen-bond acceptors (Lipinski definition) is 1. The third-order valence-corrected chi connectivity index (χ3v) is 10.5. The maximum atomic E-state index is 2.47. The maximum Gasteiger partial charge on any atom is 0.0720 e. The van der Waals surface area contributed by atoms with Gasteiger partial charge in [-0.3, -0.25) is 0 Å². The van der Waals surface area contributed by atoms with Crippen molar-refractivity contribution in [3.8, 4) is 22.5 Å². The van der Waals surface area contributed by atoms with Crippen LogP contribution in [0.2, 0.25) is 0 Å². The molecule has 0 aliphatic rings. The van der Waals surface area contributed by atoms with Crippen LogP contribution in [-0.2, 0) is 0 Å². The maximum absolute atomic E-state index is 2.47. The number of fused-ring (bicyclic) bond motifs is 10. The molecule has 0 spiro atoms. The van der Waals surface area contributed by atoms with E-state index >= 15 is 0 Å². The summed E-state index contributed by atoms with van der Waals surface area (Å²) in [6, 6.07) is 57.5. The van der Waals surface area contributed by atoms with E-state index in [1.165, 1.54) is 86.3 Å². The van der Waals surface area contributed by atoms with E-state index in [0.717, 1.165) is 0 Å². The lowest BCUT2D eigenvalue weighted by Crippen LogP contribution is -1.94. The zero-order valence-electron chi connectivity index (χ0n) is 24.3. The second-order valence-electron chi connectivity index (χ2n) is 11.7. The Kier molecular flexibility index (Phi) is 5.19. The van der Waals surface area contributed by atoms with Gasteiger partial charge in [0.05, 0.1) is 26.8 Å². The lowest BCUT2D eigenvalue weighted by Gasteiger charge is -2.12. The van der Waals surface area contributed by atoms with Gasteiger partial charge >= 0.3 is 0 Å². The van der Waals surface area contributed by atoms with E-state index in [1.807, 2.05) is 11.3 Å². The van der Waals surface area contributed by atoms with Crippen LogP contribution < -0.4 is 0 Å². The molecule has 3 aromatic heterocycles. The monoisotopic (exact) mass is 590 g/mol. The predicted octanol–water partition coefficient (Wildman–Crippen LogP) is 11.9. The van der Waals surface area contributed by atoms with Gasteiger partial charge in [0.2, 0.25) is 0 Å². The van der Waals surface area contributed by atoms with Crippen molar-refractivity contribution in [1.29, 1.82) is 0 Å². The molecule has 3 heteroatoms. The van der Waals surface area contributed by atoms with Crippen LogP contribution in [0.1, 0.15) is 0 Å². The third-order valence-electron chi connectivity index (χ3n) is 9.30. The molecule has 10 rings (SSSR count). The van der Waals surface area contributed by atoms with E-state index in [2.05, 4.69) is 167 Å². The SMILES string of the molecule is c1ccc(-n2c3ccccc3c3c(-c4cc5c6ccccc6n(-c6ccccc6)c5c5sc6ccccc6c45)cccc32)cc1. The van der Waals surface area contributed by atoms with Crippen molar-refractivity contribution in [3.05, 3.63) is 158 Å². The summed E-state index contributed by atoms with van der Waals surface area (Å²) >= 11 is 1.91. The largest absolute Gasteiger partial charge is 0.309 e. The Balaban J connectivity index is 1.43. The van der Waals surface area contributed by atoms with Crippen LogP contribution in [0.4, 0.5) is 0 Å². The fraction of sp³-hybridized carbons (Fsp3) is 0. The zero-order chi connectivity index (χ0) is 29.5. The number of rotatable bonds is 3. The molecule has 0 N–H and O–H groups in total. The van der Waals surface area contributed by atoms with Gasteiger partial charge in [-0.25, -0.2) is 0 Å². The smallest absolute Gasteiger partial charge is 0.0720 e. The van der Waals surface area contributed by atoms with Gasteiger partial charge in [0.15, 0.2) is 0 Å². The highest BCUT2D eigenvalue weighted by molar-refractivity contribution is 7.26. The summed E-state index contributed by atoms with van der Waals surface area (Å²) in [6.45, 7) is 0. The van der Waals surface area contributed by atoms with Crippen LogP contribution in [0.15, 0.2) is 158 Å². The predicted molar refractivity (Wildman–Crippen MR) is 193 cm³/mol.